The fraction of sp³-hybridized carbons (Fsp3) is 0.583. The van der Waals surface area contributed by atoms with Crippen LogP contribution in [0.4, 0.5) is 5.82 Å². The van der Waals surface area contributed by atoms with Crippen LogP contribution in [0.25, 0.3) is 0 Å². The first-order valence-electron chi connectivity index (χ1n) is 6.07. The lowest BCUT2D eigenvalue weighted by Crippen LogP contribution is -2.32. The number of carbonyl (C=O) groups is 1. The van der Waals surface area contributed by atoms with E-state index >= 15 is 0 Å². The molecule has 0 atom stereocenters. The predicted octanol–water partition coefficient (Wildman–Crippen LogP) is 1.06. The van der Waals surface area contributed by atoms with E-state index in [4.69, 9.17) is 4.74 Å². The standard InChI is InChI=1S/C12H20N4O2/c1-4-18-12-5-10(15-8-16-12)13-7-11(17)14-6-9(2)3/h5,8-9H,4,6-7H2,1-3H3,(H,14,17)(H,13,15,16). The maximum atomic E-state index is 11.5. The Hall–Kier alpha value is -1.85. The predicted molar refractivity (Wildman–Crippen MR) is 69.5 cm³/mol. The first-order valence-corrected chi connectivity index (χ1v) is 6.07. The van der Waals surface area contributed by atoms with Crippen LogP contribution in [0.15, 0.2) is 12.4 Å². The molecule has 2 N–H and O–H groups in total. The monoisotopic (exact) mass is 252 g/mol. The van der Waals surface area contributed by atoms with Gasteiger partial charge in [-0.2, -0.15) is 0 Å². The van der Waals surface area contributed by atoms with Gasteiger partial charge in [0.15, 0.2) is 0 Å². The molecule has 0 aliphatic carbocycles. The first kappa shape index (κ1) is 14.2. The molecule has 100 valence electrons. The van der Waals surface area contributed by atoms with Crippen molar-refractivity contribution in [1.82, 2.24) is 15.3 Å². The van der Waals surface area contributed by atoms with E-state index < -0.39 is 0 Å². The van der Waals surface area contributed by atoms with Crippen LogP contribution in [0.3, 0.4) is 0 Å². The largest absolute Gasteiger partial charge is 0.478 e. The van der Waals surface area contributed by atoms with Crippen LogP contribution in [0.1, 0.15) is 20.8 Å². The quantitative estimate of drug-likeness (QED) is 0.759. The van der Waals surface area contributed by atoms with E-state index in [0.29, 0.717) is 30.8 Å². The van der Waals surface area contributed by atoms with E-state index in [2.05, 4.69) is 20.6 Å². The lowest BCUT2D eigenvalue weighted by Gasteiger charge is -2.09. The molecule has 18 heavy (non-hydrogen) atoms. The summed E-state index contributed by atoms with van der Waals surface area (Å²) in [4.78, 5) is 19.4. The zero-order chi connectivity index (χ0) is 13.4. The van der Waals surface area contributed by atoms with Gasteiger partial charge in [0.25, 0.3) is 0 Å². The zero-order valence-electron chi connectivity index (χ0n) is 11.1. The van der Waals surface area contributed by atoms with E-state index in [0.717, 1.165) is 0 Å². The van der Waals surface area contributed by atoms with Crippen molar-refractivity contribution >= 4 is 11.7 Å². The van der Waals surface area contributed by atoms with E-state index in [9.17, 15) is 4.79 Å². The van der Waals surface area contributed by atoms with Crippen molar-refractivity contribution in [2.75, 3.05) is 25.0 Å². The Morgan fingerprint density at radius 1 is 1.44 bits per heavy atom. The van der Waals surface area contributed by atoms with Crippen LogP contribution in [-0.2, 0) is 4.79 Å². The van der Waals surface area contributed by atoms with Gasteiger partial charge in [0.05, 0.1) is 13.2 Å². The van der Waals surface area contributed by atoms with Gasteiger partial charge >= 0.3 is 0 Å². The van der Waals surface area contributed by atoms with E-state index in [1.54, 1.807) is 6.07 Å². The van der Waals surface area contributed by atoms with Crippen LogP contribution in [-0.4, -0.2) is 35.6 Å². The normalized spacial score (nSPS) is 10.2. The van der Waals surface area contributed by atoms with Crippen molar-refractivity contribution in [3.8, 4) is 5.88 Å². The summed E-state index contributed by atoms with van der Waals surface area (Å²) in [6.07, 6.45) is 1.40. The number of hydrogen-bond donors (Lipinski definition) is 2. The van der Waals surface area contributed by atoms with Gasteiger partial charge in [0.2, 0.25) is 11.8 Å². The highest BCUT2D eigenvalue weighted by molar-refractivity contribution is 5.80. The van der Waals surface area contributed by atoms with Gasteiger partial charge < -0.3 is 15.4 Å². The Balaban J connectivity index is 2.38. The second kappa shape index (κ2) is 7.47. The lowest BCUT2D eigenvalue weighted by atomic mass is 10.2. The third-order valence-electron chi connectivity index (χ3n) is 2.07. The summed E-state index contributed by atoms with van der Waals surface area (Å²) in [6.45, 7) is 7.39. The van der Waals surface area contributed by atoms with Gasteiger partial charge in [0, 0.05) is 12.6 Å². The topological polar surface area (TPSA) is 76.1 Å². The van der Waals surface area contributed by atoms with Crippen LogP contribution in [0.2, 0.25) is 0 Å². The van der Waals surface area contributed by atoms with Gasteiger partial charge in [-0.3, -0.25) is 4.79 Å². The van der Waals surface area contributed by atoms with Crippen LogP contribution >= 0.6 is 0 Å². The molecule has 0 bridgehead atoms. The molecule has 0 unspecified atom stereocenters. The van der Waals surface area contributed by atoms with Crippen molar-refractivity contribution in [2.24, 2.45) is 5.92 Å². The van der Waals surface area contributed by atoms with E-state index in [1.807, 2.05) is 20.8 Å². The zero-order valence-corrected chi connectivity index (χ0v) is 11.1. The average molecular weight is 252 g/mol. The Bertz CT molecular complexity index is 382. The second-order valence-electron chi connectivity index (χ2n) is 4.23. The third kappa shape index (κ3) is 5.47. The molecule has 0 aliphatic heterocycles. The molecule has 0 spiro atoms. The highest BCUT2D eigenvalue weighted by Crippen LogP contribution is 2.10. The SMILES string of the molecule is CCOc1cc(NCC(=O)NCC(C)C)ncn1. The van der Waals surface area contributed by atoms with Gasteiger partial charge in [0.1, 0.15) is 12.1 Å². The Morgan fingerprint density at radius 3 is 2.89 bits per heavy atom. The van der Waals surface area contributed by atoms with E-state index in [-0.39, 0.29) is 12.5 Å². The lowest BCUT2D eigenvalue weighted by molar-refractivity contribution is -0.119. The van der Waals surface area contributed by atoms with Gasteiger partial charge in [-0.25, -0.2) is 9.97 Å². The minimum absolute atomic E-state index is 0.0553. The molecule has 0 aromatic carbocycles. The van der Waals surface area contributed by atoms with Crippen molar-refractivity contribution in [3.05, 3.63) is 12.4 Å². The maximum absolute atomic E-state index is 11.5. The molecular formula is C12H20N4O2. The average Bonchev–Trinajstić information content (AvgIpc) is 2.35. The van der Waals surface area contributed by atoms with Crippen LogP contribution in [0.5, 0.6) is 5.88 Å². The summed E-state index contributed by atoms with van der Waals surface area (Å²) in [5.41, 5.74) is 0. The van der Waals surface area contributed by atoms with Crippen molar-refractivity contribution in [2.45, 2.75) is 20.8 Å². The van der Waals surface area contributed by atoms with Crippen molar-refractivity contribution in [1.29, 1.82) is 0 Å². The first-order chi connectivity index (χ1) is 8.61. The number of amides is 1. The fourth-order valence-electron chi connectivity index (χ4n) is 1.21. The third-order valence-corrected chi connectivity index (χ3v) is 2.07. The summed E-state index contributed by atoms with van der Waals surface area (Å²) < 4.78 is 5.24. The highest BCUT2D eigenvalue weighted by atomic mass is 16.5. The van der Waals surface area contributed by atoms with Crippen molar-refractivity contribution in [3.63, 3.8) is 0 Å². The summed E-state index contributed by atoms with van der Waals surface area (Å²) in [5, 5.41) is 5.74. The molecule has 0 fully saturated rings. The molecule has 0 saturated carbocycles. The number of nitrogens with zero attached hydrogens (tertiary/aromatic N) is 2. The minimum Gasteiger partial charge on any atom is -0.478 e. The molecule has 1 amide bonds. The molecule has 1 aromatic heterocycles. The molecule has 1 aromatic rings. The molecule has 1 heterocycles. The molecule has 6 nitrogen and oxygen atoms in total. The number of ether oxygens (including phenoxy) is 1. The maximum Gasteiger partial charge on any atom is 0.239 e. The smallest absolute Gasteiger partial charge is 0.239 e. The number of aromatic nitrogens is 2. The number of nitrogens with one attached hydrogen (secondary N) is 2. The Labute approximate surface area is 107 Å². The van der Waals surface area contributed by atoms with Gasteiger partial charge in [-0.05, 0) is 12.8 Å². The number of carbonyl (C=O) groups excluding carboxylic acids is 1. The molecule has 6 heteroatoms. The summed E-state index contributed by atoms with van der Waals surface area (Å²) in [7, 11) is 0. The van der Waals surface area contributed by atoms with Crippen LogP contribution < -0.4 is 15.4 Å². The van der Waals surface area contributed by atoms with Crippen molar-refractivity contribution < 1.29 is 9.53 Å². The Kier molecular flexibility index (Phi) is 5.90. The summed E-state index contributed by atoms with van der Waals surface area (Å²) >= 11 is 0. The van der Waals surface area contributed by atoms with Gasteiger partial charge in [-0.15, -0.1) is 0 Å². The minimum atomic E-state index is -0.0553. The molecule has 0 aliphatic rings. The fourth-order valence-corrected chi connectivity index (χ4v) is 1.21. The highest BCUT2D eigenvalue weighted by Gasteiger charge is 2.03. The second-order valence-corrected chi connectivity index (χ2v) is 4.23. The van der Waals surface area contributed by atoms with Gasteiger partial charge in [-0.1, -0.05) is 13.8 Å². The number of anilines is 1. The molecule has 0 saturated heterocycles. The summed E-state index contributed by atoms with van der Waals surface area (Å²) in [5.74, 6) is 1.46. The molecule has 0 radical (unpaired) electrons. The summed E-state index contributed by atoms with van der Waals surface area (Å²) in [6, 6.07) is 1.67. The van der Waals surface area contributed by atoms with Crippen LogP contribution in [0, 0.1) is 5.92 Å². The molecule has 1 rings (SSSR count). The molecular weight excluding hydrogens is 232 g/mol. The number of hydrogen-bond acceptors (Lipinski definition) is 5. The number of rotatable bonds is 7. The Morgan fingerprint density at radius 2 is 2.22 bits per heavy atom. The van der Waals surface area contributed by atoms with E-state index in [1.165, 1.54) is 6.33 Å².